The fraction of sp³-hybridized carbons (Fsp3) is 1.00. The molecular weight excluding hydrogens is 250 g/mol. The predicted octanol–water partition coefficient (Wildman–Crippen LogP) is -0.472. The minimum Gasteiger partial charge on any atom is -0.326 e. The fourth-order valence-corrected chi connectivity index (χ4v) is 3.83. The van der Waals surface area contributed by atoms with Gasteiger partial charge in [0, 0.05) is 50.6 Å². The molecule has 5 nitrogen and oxygen atoms in total. The van der Waals surface area contributed by atoms with Gasteiger partial charge in [-0.05, 0) is 12.8 Å². The van der Waals surface area contributed by atoms with Gasteiger partial charge in [-0.15, -0.1) is 0 Å². The Labute approximate surface area is 110 Å². The first kappa shape index (κ1) is 14.2. The quantitative estimate of drug-likeness (QED) is 0.710. The third-order valence-electron chi connectivity index (χ3n) is 4.25. The van der Waals surface area contributed by atoms with Gasteiger partial charge in [0.25, 0.3) is 0 Å². The second-order valence-electron chi connectivity index (χ2n) is 5.45. The summed E-state index contributed by atoms with van der Waals surface area (Å²) in [4.78, 5) is 4.94. The molecule has 6 heteroatoms. The smallest absolute Gasteiger partial charge is 0.150 e. The number of piperazine rings is 3. The van der Waals surface area contributed by atoms with Crippen molar-refractivity contribution in [3.8, 4) is 0 Å². The van der Waals surface area contributed by atoms with E-state index in [4.69, 9.17) is 5.73 Å². The van der Waals surface area contributed by atoms with Crippen molar-refractivity contribution in [3.63, 3.8) is 0 Å². The Hall–Kier alpha value is -0.170. The number of sulfone groups is 1. The van der Waals surface area contributed by atoms with Crippen LogP contribution in [0.25, 0.3) is 0 Å². The van der Waals surface area contributed by atoms with E-state index in [2.05, 4.69) is 9.80 Å². The third kappa shape index (κ3) is 3.44. The van der Waals surface area contributed by atoms with Gasteiger partial charge < -0.3 is 5.73 Å². The van der Waals surface area contributed by atoms with Crippen molar-refractivity contribution in [2.75, 3.05) is 44.2 Å². The standard InChI is InChI=1S/C12H25N3O2S/c1-2-18(16,17)9-3-4-11(13)12-10-14-5-7-15(12)8-6-14/h11-12H,2-10,13H2,1H3. The van der Waals surface area contributed by atoms with Gasteiger partial charge in [0.1, 0.15) is 9.84 Å². The van der Waals surface area contributed by atoms with E-state index < -0.39 is 9.84 Å². The molecule has 3 heterocycles. The van der Waals surface area contributed by atoms with Gasteiger partial charge in [0.15, 0.2) is 0 Å². The molecule has 0 aromatic heterocycles. The molecule has 2 atom stereocenters. The summed E-state index contributed by atoms with van der Waals surface area (Å²) in [5.41, 5.74) is 6.24. The number of fused-ring (bicyclic) bond motifs is 3. The van der Waals surface area contributed by atoms with Crippen LogP contribution in [0.15, 0.2) is 0 Å². The summed E-state index contributed by atoms with van der Waals surface area (Å²) in [7, 11) is -2.84. The zero-order valence-electron chi connectivity index (χ0n) is 11.2. The van der Waals surface area contributed by atoms with E-state index in [0.29, 0.717) is 12.5 Å². The molecule has 2 unspecified atom stereocenters. The lowest BCUT2D eigenvalue weighted by atomic mass is 9.97. The highest BCUT2D eigenvalue weighted by molar-refractivity contribution is 7.91. The molecule has 3 fully saturated rings. The van der Waals surface area contributed by atoms with Crippen molar-refractivity contribution in [2.24, 2.45) is 5.73 Å². The van der Waals surface area contributed by atoms with E-state index in [0.717, 1.165) is 39.1 Å². The van der Waals surface area contributed by atoms with Gasteiger partial charge in [-0.25, -0.2) is 8.42 Å². The molecule has 3 saturated heterocycles. The Morgan fingerprint density at radius 3 is 2.44 bits per heavy atom. The van der Waals surface area contributed by atoms with E-state index in [1.807, 2.05) is 0 Å². The van der Waals surface area contributed by atoms with E-state index in [-0.39, 0.29) is 17.5 Å². The van der Waals surface area contributed by atoms with Gasteiger partial charge in [-0.1, -0.05) is 6.92 Å². The van der Waals surface area contributed by atoms with Crippen LogP contribution in [0, 0.1) is 0 Å². The maximum Gasteiger partial charge on any atom is 0.150 e. The summed E-state index contributed by atoms with van der Waals surface area (Å²) < 4.78 is 22.9. The topological polar surface area (TPSA) is 66.6 Å². The average molecular weight is 275 g/mol. The Bertz CT molecular complexity index is 364. The molecule has 3 aliphatic rings. The van der Waals surface area contributed by atoms with E-state index in [1.54, 1.807) is 6.92 Å². The monoisotopic (exact) mass is 275 g/mol. The second-order valence-corrected chi connectivity index (χ2v) is 7.92. The predicted molar refractivity (Wildman–Crippen MR) is 73.3 cm³/mol. The largest absolute Gasteiger partial charge is 0.326 e. The van der Waals surface area contributed by atoms with Crippen molar-refractivity contribution in [1.82, 2.24) is 9.80 Å². The highest BCUT2D eigenvalue weighted by atomic mass is 32.2. The molecule has 0 saturated carbocycles. The lowest BCUT2D eigenvalue weighted by molar-refractivity contribution is 0.00138. The lowest BCUT2D eigenvalue weighted by Gasteiger charge is -2.49. The van der Waals surface area contributed by atoms with Crippen LogP contribution in [0.1, 0.15) is 19.8 Å². The van der Waals surface area contributed by atoms with E-state index in [1.165, 1.54) is 0 Å². The summed E-state index contributed by atoms with van der Waals surface area (Å²) in [5.74, 6) is 0.527. The molecule has 2 N–H and O–H groups in total. The molecule has 0 spiro atoms. The van der Waals surface area contributed by atoms with Crippen molar-refractivity contribution in [3.05, 3.63) is 0 Å². The molecule has 0 aromatic rings. The van der Waals surface area contributed by atoms with Crippen LogP contribution in [0.3, 0.4) is 0 Å². The first-order valence-electron chi connectivity index (χ1n) is 6.94. The zero-order valence-corrected chi connectivity index (χ0v) is 12.0. The molecule has 0 aromatic carbocycles. The molecule has 3 aliphatic heterocycles. The minimum absolute atomic E-state index is 0.111. The molecular formula is C12H25N3O2S. The van der Waals surface area contributed by atoms with Gasteiger partial charge in [0.05, 0.1) is 5.75 Å². The molecule has 2 bridgehead atoms. The SMILES string of the molecule is CCS(=O)(=O)CCCC(N)C1CN2CCN1CC2. The van der Waals surface area contributed by atoms with Crippen LogP contribution in [0.5, 0.6) is 0 Å². The first-order chi connectivity index (χ1) is 8.52. The minimum atomic E-state index is -2.84. The lowest BCUT2D eigenvalue weighted by Crippen LogP contribution is -2.65. The Kier molecular flexibility index (Phi) is 4.64. The molecule has 106 valence electrons. The summed E-state index contributed by atoms with van der Waals surface area (Å²) in [6, 6.07) is 0.539. The van der Waals surface area contributed by atoms with Gasteiger partial charge >= 0.3 is 0 Å². The summed E-state index contributed by atoms with van der Waals surface area (Å²) in [6.07, 6.45) is 1.51. The van der Waals surface area contributed by atoms with Gasteiger partial charge in [0.2, 0.25) is 0 Å². The van der Waals surface area contributed by atoms with Crippen LogP contribution in [-0.4, -0.2) is 74.5 Å². The zero-order chi connectivity index (χ0) is 13.2. The molecule has 0 aliphatic carbocycles. The second kappa shape index (κ2) is 5.86. The fourth-order valence-electron chi connectivity index (χ4n) is 2.94. The summed E-state index contributed by atoms with van der Waals surface area (Å²) >= 11 is 0. The van der Waals surface area contributed by atoms with Crippen molar-refractivity contribution in [2.45, 2.75) is 31.8 Å². The highest BCUT2D eigenvalue weighted by Gasteiger charge is 2.34. The third-order valence-corrected chi connectivity index (χ3v) is 6.04. The van der Waals surface area contributed by atoms with Crippen LogP contribution in [0.2, 0.25) is 0 Å². The Balaban J connectivity index is 1.77. The Morgan fingerprint density at radius 1 is 1.28 bits per heavy atom. The van der Waals surface area contributed by atoms with E-state index >= 15 is 0 Å². The summed E-state index contributed by atoms with van der Waals surface area (Å²) in [6.45, 7) is 7.31. The molecule has 18 heavy (non-hydrogen) atoms. The molecule has 3 rings (SSSR count). The van der Waals surface area contributed by atoms with E-state index in [9.17, 15) is 8.42 Å². The van der Waals surface area contributed by atoms with Crippen LogP contribution >= 0.6 is 0 Å². The maximum atomic E-state index is 11.4. The number of rotatable bonds is 6. The van der Waals surface area contributed by atoms with Crippen molar-refractivity contribution >= 4 is 9.84 Å². The summed E-state index contributed by atoms with van der Waals surface area (Å²) in [5, 5.41) is 0. The highest BCUT2D eigenvalue weighted by Crippen LogP contribution is 2.19. The maximum absolute atomic E-state index is 11.4. The normalized spacial score (nSPS) is 33.6. The van der Waals surface area contributed by atoms with Gasteiger partial charge in [-0.2, -0.15) is 0 Å². The number of nitrogens with two attached hydrogens (primary N) is 1. The number of hydrogen-bond donors (Lipinski definition) is 1. The van der Waals surface area contributed by atoms with Crippen molar-refractivity contribution in [1.29, 1.82) is 0 Å². The number of nitrogens with zero attached hydrogens (tertiary/aromatic N) is 2. The van der Waals surface area contributed by atoms with Crippen LogP contribution in [0.4, 0.5) is 0 Å². The molecule has 0 radical (unpaired) electrons. The van der Waals surface area contributed by atoms with Gasteiger partial charge in [-0.3, -0.25) is 9.80 Å². The molecule has 0 amide bonds. The Morgan fingerprint density at radius 2 is 1.94 bits per heavy atom. The van der Waals surface area contributed by atoms with Crippen LogP contribution in [-0.2, 0) is 9.84 Å². The van der Waals surface area contributed by atoms with Crippen molar-refractivity contribution < 1.29 is 8.42 Å². The van der Waals surface area contributed by atoms with Crippen LogP contribution < -0.4 is 5.73 Å². The first-order valence-corrected chi connectivity index (χ1v) is 8.76. The number of hydrogen-bond acceptors (Lipinski definition) is 5. The average Bonchev–Trinajstić information content (AvgIpc) is 2.39.